The van der Waals surface area contributed by atoms with Gasteiger partial charge in [-0.2, -0.15) is 5.10 Å². The van der Waals surface area contributed by atoms with Crippen molar-refractivity contribution in [3.63, 3.8) is 0 Å². The van der Waals surface area contributed by atoms with Gasteiger partial charge in [-0.1, -0.05) is 18.5 Å². The molecule has 0 aliphatic heterocycles. The molecular formula is C16H19ClN2O2. The molecule has 0 aliphatic rings. The van der Waals surface area contributed by atoms with Crippen molar-refractivity contribution >= 4 is 17.4 Å². The molecule has 5 heteroatoms. The van der Waals surface area contributed by atoms with E-state index in [1.165, 1.54) is 6.92 Å². The molecule has 0 amide bonds. The first-order chi connectivity index (χ1) is 10.0. The first-order valence-electron chi connectivity index (χ1n) is 7.04. The van der Waals surface area contributed by atoms with Crippen LogP contribution >= 0.6 is 11.6 Å². The van der Waals surface area contributed by atoms with Crippen molar-refractivity contribution < 1.29 is 9.53 Å². The van der Waals surface area contributed by atoms with Gasteiger partial charge in [-0.05, 0) is 44.5 Å². The highest BCUT2D eigenvalue weighted by Gasteiger charge is 2.09. The number of benzene rings is 1. The zero-order chi connectivity index (χ0) is 15.4. The number of Topliss-reactive ketones (excluding diaryl/α,β-unsaturated/α-hetero) is 1. The number of hydrogen-bond acceptors (Lipinski definition) is 3. The highest BCUT2D eigenvalue weighted by atomic mass is 35.5. The summed E-state index contributed by atoms with van der Waals surface area (Å²) in [6.07, 6.45) is 0.897. The van der Waals surface area contributed by atoms with E-state index in [1.807, 2.05) is 17.7 Å². The quantitative estimate of drug-likeness (QED) is 0.760. The number of hydrogen-bond donors (Lipinski definition) is 0. The minimum Gasteiger partial charge on any atom is -0.486 e. The molecule has 0 saturated carbocycles. The van der Waals surface area contributed by atoms with Crippen LogP contribution in [-0.4, -0.2) is 15.6 Å². The minimum atomic E-state index is -0.0138. The Morgan fingerprint density at radius 3 is 2.67 bits per heavy atom. The van der Waals surface area contributed by atoms with Crippen molar-refractivity contribution in [2.75, 3.05) is 0 Å². The average Bonchev–Trinajstić information content (AvgIpc) is 2.88. The van der Waals surface area contributed by atoms with E-state index in [1.54, 1.807) is 18.2 Å². The van der Waals surface area contributed by atoms with Crippen LogP contribution in [0.1, 0.15) is 42.5 Å². The SMILES string of the molecule is CCc1cc(COc2ccc(C(C)=O)cc2Cl)n(CC)n1. The number of halogens is 1. The topological polar surface area (TPSA) is 44.1 Å². The molecule has 0 radical (unpaired) electrons. The van der Waals surface area contributed by atoms with Gasteiger partial charge >= 0.3 is 0 Å². The van der Waals surface area contributed by atoms with Crippen LogP contribution in [0.2, 0.25) is 5.02 Å². The Hall–Kier alpha value is -1.81. The molecule has 1 aromatic heterocycles. The largest absolute Gasteiger partial charge is 0.486 e. The fraction of sp³-hybridized carbons (Fsp3) is 0.375. The van der Waals surface area contributed by atoms with Gasteiger partial charge in [-0.15, -0.1) is 0 Å². The van der Waals surface area contributed by atoms with E-state index < -0.39 is 0 Å². The number of nitrogens with zero attached hydrogens (tertiary/aromatic N) is 2. The summed E-state index contributed by atoms with van der Waals surface area (Å²) in [6, 6.07) is 7.12. The van der Waals surface area contributed by atoms with Gasteiger partial charge in [-0.25, -0.2) is 0 Å². The molecule has 112 valence electrons. The Kier molecular flexibility index (Phi) is 5.02. The maximum Gasteiger partial charge on any atom is 0.159 e. The van der Waals surface area contributed by atoms with Crippen LogP contribution in [0.5, 0.6) is 5.75 Å². The fourth-order valence-electron chi connectivity index (χ4n) is 2.07. The molecule has 0 atom stereocenters. The van der Waals surface area contributed by atoms with E-state index in [-0.39, 0.29) is 5.78 Å². The molecule has 2 aromatic rings. The van der Waals surface area contributed by atoms with Gasteiger partial charge in [-0.3, -0.25) is 9.48 Å². The van der Waals surface area contributed by atoms with Crippen LogP contribution in [-0.2, 0) is 19.6 Å². The standard InChI is InChI=1S/C16H19ClN2O2/c1-4-13-9-14(19(5-2)18-13)10-21-16-7-6-12(11(3)20)8-15(16)17/h6-9H,4-5,10H2,1-3H3. The maximum atomic E-state index is 11.3. The van der Waals surface area contributed by atoms with E-state index in [2.05, 4.69) is 12.0 Å². The van der Waals surface area contributed by atoms with Crippen molar-refractivity contribution in [2.24, 2.45) is 0 Å². The zero-order valence-electron chi connectivity index (χ0n) is 12.5. The molecule has 21 heavy (non-hydrogen) atoms. The van der Waals surface area contributed by atoms with Crippen molar-refractivity contribution in [1.82, 2.24) is 9.78 Å². The Balaban J connectivity index is 2.13. The molecule has 0 saturated heterocycles. The molecular weight excluding hydrogens is 288 g/mol. The lowest BCUT2D eigenvalue weighted by Gasteiger charge is -2.09. The van der Waals surface area contributed by atoms with Crippen LogP contribution in [0.3, 0.4) is 0 Å². The number of rotatable bonds is 6. The molecule has 0 fully saturated rings. The van der Waals surface area contributed by atoms with Gasteiger partial charge in [0.15, 0.2) is 5.78 Å². The third kappa shape index (κ3) is 3.64. The van der Waals surface area contributed by atoms with Gasteiger partial charge in [0.2, 0.25) is 0 Å². The van der Waals surface area contributed by atoms with Gasteiger partial charge in [0, 0.05) is 12.1 Å². The summed E-state index contributed by atoms with van der Waals surface area (Å²) in [5.74, 6) is 0.559. The molecule has 1 heterocycles. The van der Waals surface area contributed by atoms with Crippen LogP contribution in [0.4, 0.5) is 0 Å². The number of ketones is 1. The lowest BCUT2D eigenvalue weighted by atomic mass is 10.1. The van der Waals surface area contributed by atoms with Crippen LogP contribution in [0, 0.1) is 0 Å². The summed E-state index contributed by atoms with van der Waals surface area (Å²) in [5.41, 5.74) is 2.65. The summed E-state index contributed by atoms with van der Waals surface area (Å²) in [4.78, 5) is 11.3. The van der Waals surface area contributed by atoms with Crippen molar-refractivity contribution in [1.29, 1.82) is 0 Å². The second kappa shape index (κ2) is 6.76. The van der Waals surface area contributed by atoms with Crippen molar-refractivity contribution in [2.45, 2.75) is 40.3 Å². The van der Waals surface area contributed by atoms with Gasteiger partial charge in [0.05, 0.1) is 16.4 Å². The first-order valence-corrected chi connectivity index (χ1v) is 7.41. The summed E-state index contributed by atoms with van der Waals surface area (Å²) >= 11 is 6.15. The van der Waals surface area contributed by atoms with E-state index >= 15 is 0 Å². The average molecular weight is 307 g/mol. The van der Waals surface area contributed by atoms with E-state index in [4.69, 9.17) is 16.3 Å². The molecule has 0 unspecified atom stereocenters. The summed E-state index contributed by atoms with van der Waals surface area (Å²) in [7, 11) is 0. The Labute approximate surface area is 129 Å². The lowest BCUT2D eigenvalue weighted by molar-refractivity contribution is 0.101. The molecule has 0 spiro atoms. The van der Waals surface area contributed by atoms with Crippen molar-refractivity contribution in [3.8, 4) is 5.75 Å². The predicted octanol–water partition coefficient (Wildman–Crippen LogP) is 3.90. The highest BCUT2D eigenvalue weighted by molar-refractivity contribution is 6.32. The molecule has 0 N–H and O–H groups in total. The summed E-state index contributed by atoms with van der Waals surface area (Å²) in [5, 5.41) is 4.92. The van der Waals surface area contributed by atoms with Crippen molar-refractivity contribution in [3.05, 3.63) is 46.2 Å². The smallest absolute Gasteiger partial charge is 0.159 e. The summed E-state index contributed by atoms with van der Waals surface area (Å²) < 4.78 is 7.68. The molecule has 2 rings (SSSR count). The Morgan fingerprint density at radius 1 is 1.33 bits per heavy atom. The van der Waals surface area contributed by atoms with E-state index in [0.29, 0.717) is 22.9 Å². The lowest BCUT2D eigenvalue weighted by Crippen LogP contribution is -2.06. The second-order valence-electron chi connectivity index (χ2n) is 4.79. The van der Waals surface area contributed by atoms with Gasteiger partial charge < -0.3 is 4.74 Å². The third-order valence-electron chi connectivity index (χ3n) is 3.29. The van der Waals surface area contributed by atoms with Crippen LogP contribution in [0.25, 0.3) is 0 Å². The Morgan fingerprint density at radius 2 is 2.10 bits per heavy atom. The van der Waals surface area contributed by atoms with Crippen LogP contribution < -0.4 is 4.74 Å². The first kappa shape index (κ1) is 15.6. The normalized spacial score (nSPS) is 10.7. The molecule has 0 bridgehead atoms. The number of carbonyl (C=O) groups is 1. The number of ether oxygens (including phenoxy) is 1. The molecule has 0 aliphatic carbocycles. The second-order valence-corrected chi connectivity index (χ2v) is 5.19. The monoisotopic (exact) mass is 306 g/mol. The molecule has 4 nitrogen and oxygen atoms in total. The summed E-state index contributed by atoms with van der Waals surface area (Å²) in [6.45, 7) is 6.84. The number of aryl methyl sites for hydroxylation is 2. The third-order valence-corrected chi connectivity index (χ3v) is 3.59. The van der Waals surface area contributed by atoms with E-state index in [9.17, 15) is 4.79 Å². The maximum absolute atomic E-state index is 11.3. The number of carbonyl (C=O) groups excluding carboxylic acids is 1. The fourth-order valence-corrected chi connectivity index (χ4v) is 2.30. The van der Waals surface area contributed by atoms with E-state index in [0.717, 1.165) is 24.4 Å². The zero-order valence-corrected chi connectivity index (χ0v) is 13.3. The Bertz CT molecular complexity index is 650. The van der Waals surface area contributed by atoms with Gasteiger partial charge in [0.1, 0.15) is 12.4 Å². The predicted molar refractivity (Wildman–Crippen MR) is 83.1 cm³/mol. The minimum absolute atomic E-state index is 0.0138. The van der Waals surface area contributed by atoms with Gasteiger partial charge in [0.25, 0.3) is 0 Å². The molecule has 1 aromatic carbocycles. The number of aromatic nitrogens is 2. The highest BCUT2D eigenvalue weighted by Crippen LogP contribution is 2.26. The van der Waals surface area contributed by atoms with Crippen LogP contribution in [0.15, 0.2) is 24.3 Å².